The summed E-state index contributed by atoms with van der Waals surface area (Å²) in [5.41, 5.74) is 0.0788. The molecule has 1 amide bonds. The van der Waals surface area contributed by atoms with Gasteiger partial charge in [0, 0.05) is 45.3 Å². The van der Waals surface area contributed by atoms with Crippen molar-refractivity contribution >= 4 is 11.9 Å². The molecule has 9 heteroatoms. The minimum absolute atomic E-state index is 0.0634. The first-order chi connectivity index (χ1) is 14.4. The molecule has 2 fully saturated rings. The van der Waals surface area contributed by atoms with E-state index < -0.39 is 18.1 Å². The van der Waals surface area contributed by atoms with Gasteiger partial charge in [0.15, 0.2) is 0 Å². The van der Waals surface area contributed by atoms with Crippen molar-refractivity contribution in [3.05, 3.63) is 29.8 Å². The third kappa shape index (κ3) is 4.57. The van der Waals surface area contributed by atoms with E-state index in [1.165, 1.54) is 13.2 Å². The standard InChI is InChI=1S/C21H28F2N2O5/c1-28-12-11-25-18(26)13-16(19(27)29-2)21(25)7-9-24(10-8-21)14-15-5-3-4-6-17(15)30-20(22)23/h3-6,16,20H,7-14H2,1-2H3. The summed E-state index contributed by atoms with van der Waals surface area (Å²) in [6.07, 6.45) is 1.33. The van der Waals surface area contributed by atoms with Crippen molar-refractivity contribution in [2.75, 3.05) is 40.5 Å². The van der Waals surface area contributed by atoms with Crippen molar-refractivity contribution in [1.82, 2.24) is 9.80 Å². The summed E-state index contributed by atoms with van der Waals surface area (Å²) < 4.78 is 40.1. The third-order valence-corrected chi connectivity index (χ3v) is 6.18. The number of carbonyl (C=O) groups excluding carboxylic acids is 2. The molecule has 1 aromatic rings. The number of para-hydroxylation sites is 1. The van der Waals surface area contributed by atoms with Gasteiger partial charge in [-0.25, -0.2) is 0 Å². The van der Waals surface area contributed by atoms with Gasteiger partial charge in [-0.3, -0.25) is 14.5 Å². The number of likely N-dealkylation sites (tertiary alicyclic amines) is 2. The lowest BCUT2D eigenvalue weighted by molar-refractivity contribution is -0.150. The quantitative estimate of drug-likeness (QED) is 0.595. The van der Waals surface area contributed by atoms with Gasteiger partial charge in [-0.2, -0.15) is 8.78 Å². The minimum atomic E-state index is -2.88. The van der Waals surface area contributed by atoms with Crippen molar-refractivity contribution in [2.45, 2.75) is 38.0 Å². The minimum Gasteiger partial charge on any atom is -0.469 e. The van der Waals surface area contributed by atoms with E-state index in [9.17, 15) is 18.4 Å². The predicted octanol–water partition coefficient (Wildman–Crippen LogP) is 2.29. The highest BCUT2D eigenvalue weighted by atomic mass is 19.3. The van der Waals surface area contributed by atoms with E-state index >= 15 is 0 Å². The number of benzene rings is 1. The van der Waals surface area contributed by atoms with Gasteiger partial charge >= 0.3 is 12.6 Å². The number of ether oxygens (including phenoxy) is 3. The molecule has 0 radical (unpaired) electrons. The summed E-state index contributed by atoms with van der Waals surface area (Å²) in [7, 11) is 2.92. The average molecular weight is 426 g/mol. The summed E-state index contributed by atoms with van der Waals surface area (Å²) in [5.74, 6) is -0.777. The van der Waals surface area contributed by atoms with Gasteiger partial charge in [0.25, 0.3) is 0 Å². The molecule has 1 aromatic carbocycles. The van der Waals surface area contributed by atoms with E-state index in [4.69, 9.17) is 9.47 Å². The van der Waals surface area contributed by atoms with Gasteiger partial charge in [0.1, 0.15) is 5.75 Å². The maximum Gasteiger partial charge on any atom is 0.387 e. The Kier molecular flexibility index (Phi) is 7.25. The summed E-state index contributed by atoms with van der Waals surface area (Å²) >= 11 is 0. The number of rotatable bonds is 8. The molecule has 2 aliphatic heterocycles. The first-order valence-electron chi connectivity index (χ1n) is 10.0. The zero-order chi connectivity index (χ0) is 21.7. The Morgan fingerprint density at radius 2 is 1.93 bits per heavy atom. The number of carbonyl (C=O) groups is 2. The average Bonchev–Trinajstić information content (AvgIpc) is 3.00. The van der Waals surface area contributed by atoms with E-state index in [0.29, 0.717) is 51.2 Å². The Labute approximate surface area is 174 Å². The second kappa shape index (κ2) is 9.70. The van der Waals surface area contributed by atoms with Crippen molar-refractivity contribution in [1.29, 1.82) is 0 Å². The Morgan fingerprint density at radius 3 is 2.57 bits per heavy atom. The van der Waals surface area contributed by atoms with Crippen molar-refractivity contribution in [3.63, 3.8) is 0 Å². The topological polar surface area (TPSA) is 68.3 Å². The van der Waals surface area contributed by atoms with Crippen molar-refractivity contribution < 1.29 is 32.6 Å². The molecule has 30 heavy (non-hydrogen) atoms. The van der Waals surface area contributed by atoms with Crippen LogP contribution in [0.4, 0.5) is 8.78 Å². The number of hydrogen-bond acceptors (Lipinski definition) is 6. The van der Waals surface area contributed by atoms with Crippen molar-refractivity contribution in [3.8, 4) is 5.75 Å². The number of esters is 1. The fourth-order valence-electron chi connectivity index (χ4n) is 4.69. The Hall–Kier alpha value is -2.26. The molecule has 1 spiro atoms. The van der Waals surface area contributed by atoms with Crippen LogP contribution in [0, 0.1) is 5.92 Å². The summed E-state index contributed by atoms with van der Waals surface area (Å²) in [6, 6.07) is 6.74. The molecule has 2 saturated heterocycles. The lowest BCUT2D eigenvalue weighted by Crippen LogP contribution is -2.58. The number of nitrogens with zero attached hydrogens (tertiary/aromatic N) is 2. The molecule has 3 rings (SSSR count). The summed E-state index contributed by atoms with van der Waals surface area (Å²) in [6.45, 7) is -0.374. The predicted molar refractivity (Wildman–Crippen MR) is 104 cm³/mol. The first-order valence-corrected chi connectivity index (χ1v) is 10.0. The Morgan fingerprint density at radius 1 is 1.23 bits per heavy atom. The normalized spacial score (nSPS) is 21.4. The van der Waals surface area contributed by atoms with E-state index in [2.05, 4.69) is 9.64 Å². The van der Waals surface area contributed by atoms with E-state index in [0.717, 1.165) is 0 Å². The van der Waals surface area contributed by atoms with E-state index in [1.807, 2.05) is 0 Å². The Balaban J connectivity index is 1.74. The molecule has 2 aliphatic rings. The molecular formula is C21H28F2N2O5. The van der Waals surface area contributed by atoms with Crippen LogP contribution >= 0.6 is 0 Å². The number of hydrogen-bond donors (Lipinski definition) is 0. The summed E-state index contributed by atoms with van der Waals surface area (Å²) in [4.78, 5) is 29.0. The van der Waals surface area contributed by atoms with Crippen LogP contribution < -0.4 is 4.74 Å². The zero-order valence-corrected chi connectivity index (χ0v) is 17.3. The molecule has 0 aromatic heterocycles. The SMILES string of the molecule is COCCN1C(=O)CC(C(=O)OC)C12CCN(Cc1ccccc1OC(F)F)CC2. The second-order valence-corrected chi connectivity index (χ2v) is 7.68. The lowest BCUT2D eigenvalue weighted by atomic mass is 9.76. The Bertz CT molecular complexity index is 753. The molecule has 0 bridgehead atoms. The highest BCUT2D eigenvalue weighted by molar-refractivity contribution is 5.89. The van der Waals surface area contributed by atoms with E-state index in [1.54, 1.807) is 30.2 Å². The number of alkyl halides is 2. The molecule has 0 aliphatic carbocycles. The molecule has 0 N–H and O–H groups in total. The number of methoxy groups -OCH3 is 2. The van der Waals surface area contributed by atoms with Gasteiger partial charge < -0.3 is 19.1 Å². The van der Waals surface area contributed by atoms with Crippen molar-refractivity contribution in [2.24, 2.45) is 5.92 Å². The molecule has 1 atom stereocenters. The lowest BCUT2D eigenvalue weighted by Gasteiger charge is -2.47. The zero-order valence-electron chi connectivity index (χ0n) is 17.3. The largest absolute Gasteiger partial charge is 0.469 e. The van der Waals surface area contributed by atoms with Gasteiger partial charge in [0.2, 0.25) is 5.91 Å². The number of amides is 1. The fraction of sp³-hybridized carbons (Fsp3) is 0.619. The van der Waals surface area contributed by atoms with Gasteiger partial charge in [-0.1, -0.05) is 18.2 Å². The monoisotopic (exact) mass is 426 g/mol. The maximum atomic E-state index is 12.7. The van der Waals surface area contributed by atoms with Crippen LogP contribution in [-0.4, -0.2) is 74.3 Å². The van der Waals surface area contributed by atoms with Crippen LogP contribution in [0.15, 0.2) is 24.3 Å². The molecule has 7 nitrogen and oxygen atoms in total. The third-order valence-electron chi connectivity index (χ3n) is 6.18. The van der Waals surface area contributed by atoms with E-state index in [-0.39, 0.29) is 24.0 Å². The van der Waals surface area contributed by atoms with Crippen LogP contribution in [0.25, 0.3) is 0 Å². The van der Waals surface area contributed by atoms with Crippen LogP contribution in [0.3, 0.4) is 0 Å². The van der Waals surface area contributed by atoms with Crippen LogP contribution in [0.5, 0.6) is 5.75 Å². The van der Waals surface area contributed by atoms with Gasteiger partial charge in [-0.05, 0) is 18.9 Å². The number of halogens is 2. The highest BCUT2D eigenvalue weighted by Crippen LogP contribution is 2.44. The highest BCUT2D eigenvalue weighted by Gasteiger charge is 2.56. The van der Waals surface area contributed by atoms with Gasteiger partial charge in [0.05, 0.1) is 25.2 Å². The fourth-order valence-corrected chi connectivity index (χ4v) is 4.69. The number of piperidine rings is 1. The van der Waals surface area contributed by atoms with Crippen LogP contribution in [-0.2, 0) is 25.6 Å². The van der Waals surface area contributed by atoms with Crippen LogP contribution in [0.1, 0.15) is 24.8 Å². The smallest absolute Gasteiger partial charge is 0.387 e. The molecule has 2 heterocycles. The molecule has 1 unspecified atom stereocenters. The molecule has 0 saturated carbocycles. The summed E-state index contributed by atoms with van der Waals surface area (Å²) in [5, 5.41) is 0. The first kappa shape index (κ1) is 22.4. The van der Waals surface area contributed by atoms with Crippen LogP contribution in [0.2, 0.25) is 0 Å². The molecular weight excluding hydrogens is 398 g/mol. The van der Waals surface area contributed by atoms with Gasteiger partial charge in [-0.15, -0.1) is 0 Å². The maximum absolute atomic E-state index is 12.7. The molecule has 166 valence electrons. The second-order valence-electron chi connectivity index (χ2n) is 7.68.